The van der Waals surface area contributed by atoms with Crippen LogP contribution in [0.25, 0.3) is 0 Å². The molecule has 0 aliphatic carbocycles. The minimum absolute atomic E-state index is 0.0717. The van der Waals surface area contributed by atoms with Gasteiger partial charge in [-0.1, -0.05) is 29.8 Å². The van der Waals surface area contributed by atoms with Gasteiger partial charge in [0.05, 0.1) is 0 Å². The maximum absolute atomic E-state index is 6.20. The minimum atomic E-state index is 0.0717. The fourth-order valence-corrected chi connectivity index (χ4v) is 3.41. The van der Waals surface area contributed by atoms with Crippen molar-refractivity contribution in [2.45, 2.75) is 19.4 Å². The van der Waals surface area contributed by atoms with Gasteiger partial charge in [0.25, 0.3) is 0 Å². The van der Waals surface area contributed by atoms with Crippen LogP contribution in [-0.2, 0) is 6.42 Å². The molecule has 84 valence electrons. The Kier molecular flexibility index (Phi) is 3.79. The fourth-order valence-electron chi connectivity index (χ4n) is 1.76. The van der Waals surface area contributed by atoms with Crippen LogP contribution in [0.3, 0.4) is 0 Å². The first-order valence-corrected chi connectivity index (χ1v) is 6.93. The molecule has 0 aliphatic rings. The van der Waals surface area contributed by atoms with E-state index < -0.39 is 0 Å². The van der Waals surface area contributed by atoms with Crippen molar-refractivity contribution in [3.8, 4) is 0 Å². The SMILES string of the molecule is Cc1cccc(CC(N)c2cscc2Br)c1. The Bertz CT molecular complexity index is 478. The third kappa shape index (κ3) is 2.73. The Hall–Kier alpha value is -0.640. The summed E-state index contributed by atoms with van der Waals surface area (Å²) < 4.78 is 1.12. The second kappa shape index (κ2) is 5.13. The van der Waals surface area contributed by atoms with Gasteiger partial charge in [0.15, 0.2) is 0 Å². The molecular formula is C13H14BrNS. The lowest BCUT2D eigenvalue weighted by Gasteiger charge is -2.11. The van der Waals surface area contributed by atoms with Crippen molar-refractivity contribution in [1.29, 1.82) is 0 Å². The van der Waals surface area contributed by atoms with Gasteiger partial charge in [-0.25, -0.2) is 0 Å². The first-order chi connectivity index (χ1) is 7.66. The number of hydrogen-bond donors (Lipinski definition) is 1. The van der Waals surface area contributed by atoms with Crippen LogP contribution in [-0.4, -0.2) is 0 Å². The van der Waals surface area contributed by atoms with Crippen LogP contribution in [0, 0.1) is 6.92 Å². The number of hydrogen-bond acceptors (Lipinski definition) is 2. The van der Waals surface area contributed by atoms with Crippen LogP contribution in [0.15, 0.2) is 39.5 Å². The fraction of sp³-hybridized carbons (Fsp3) is 0.231. The second-order valence-electron chi connectivity index (χ2n) is 3.97. The van der Waals surface area contributed by atoms with Crippen LogP contribution in [0.4, 0.5) is 0 Å². The van der Waals surface area contributed by atoms with Gasteiger partial charge in [0, 0.05) is 15.9 Å². The van der Waals surface area contributed by atoms with E-state index in [0.717, 1.165) is 10.9 Å². The molecule has 0 saturated heterocycles. The molecule has 0 aliphatic heterocycles. The molecule has 1 aromatic heterocycles. The Morgan fingerprint density at radius 2 is 2.19 bits per heavy atom. The molecule has 1 heterocycles. The van der Waals surface area contributed by atoms with Gasteiger partial charge in [-0.3, -0.25) is 0 Å². The first kappa shape index (κ1) is 11.8. The summed E-state index contributed by atoms with van der Waals surface area (Å²) in [5, 5.41) is 4.19. The van der Waals surface area contributed by atoms with Crippen molar-refractivity contribution in [2.75, 3.05) is 0 Å². The van der Waals surface area contributed by atoms with Crippen molar-refractivity contribution in [3.63, 3.8) is 0 Å². The van der Waals surface area contributed by atoms with Crippen molar-refractivity contribution >= 4 is 27.3 Å². The summed E-state index contributed by atoms with van der Waals surface area (Å²) in [5.41, 5.74) is 9.98. The van der Waals surface area contributed by atoms with E-state index in [1.54, 1.807) is 11.3 Å². The molecule has 2 aromatic rings. The monoisotopic (exact) mass is 295 g/mol. The van der Waals surface area contributed by atoms with Crippen LogP contribution in [0.5, 0.6) is 0 Å². The van der Waals surface area contributed by atoms with Gasteiger partial charge in [-0.15, -0.1) is 0 Å². The van der Waals surface area contributed by atoms with E-state index in [1.165, 1.54) is 16.7 Å². The zero-order valence-electron chi connectivity index (χ0n) is 9.11. The summed E-state index contributed by atoms with van der Waals surface area (Å²) in [6.07, 6.45) is 0.886. The van der Waals surface area contributed by atoms with Gasteiger partial charge in [-0.2, -0.15) is 11.3 Å². The van der Waals surface area contributed by atoms with Crippen LogP contribution in [0.1, 0.15) is 22.7 Å². The third-order valence-corrected chi connectivity index (χ3v) is 4.33. The van der Waals surface area contributed by atoms with Gasteiger partial charge in [-0.05, 0) is 45.8 Å². The molecule has 1 atom stereocenters. The zero-order valence-corrected chi connectivity index (χ0v) is 11.5. The lowest BCUT2D eigenvalue weighted by Crippen LogP contribution is -2.12. The number of halogens is 1. The standard InChI is InChI=1S/C13H14BrNS/c1-9-3-2-4-10(5-9)6-13(15)11-7-16-8-12(11)14/h2-5,7-8,13H,6,15H2,1H3. The maximum atomic E-state index is 6.20. The predicted octanol–water partition coefficient (Wildman–Crippen LogP) is 4.06. The van der Waals surface area contributed by atoms with Gasteiger partial charge in [0.1, 0.15) is 0 Å². The normalized spacial score (nSPS) is 12.7. The Balaban J connectivity index is 2.14. The molecule has 1 unspecified atom stereocenters. The lowest BCUT2D eigenvalue weighted by atomic mass is 10.0. The van der Waals surface area contributed by atoms with Gasteiger partial charge < -0.3 is 5.73 Å². The molecule has 0 fully saturated rings. The summed E-state index contributed by atoms with van der Waals surface area (Å²) >= 11 is 5.21. The van der Waals surface area contributed by atoms with Crippen molar-refractivity contribution in [1.82, 2.24) is 0 Å². The molecular weight excluding hydrogens is 282 g/mol. The molecule has 2 rings (SSSR count). The summed E-state index contributed by atoms with van der Waals surface area (Å²) in [4.78, 5) is 0. The molecule has 0 spiro atoms. The van der Waals surface area contributed by atoms with Crippen LogP contribution in [0.2, 0.25) is 0 Å². The smallest absolute Gasteiger partial charge is 0.0355 e. The Labute approximate surface area is 108 Å². The van der Waals surface area contributed by atoms with E-state index in [-0.39, 0.29) is 6.04 Å². The lowest BCUT2D eigenvalue weighted by molar-refractivity contribution is 0.721. The van der Waals surface area contributed by atoms with E-state index >= 15 is 0 Å². The number of thiophene rings is 1. The Morgan fingerprint density at radius 3 is 2.81 bits per heavy atom. The van der Waals surface area contributed by atoms with Gasteiger partial charge >= 0.3 is 0 Å². The molecule has 1 nitrogen and oxygen atoms in total. The van der Waals surface area contributed by atoms with Crippen molar-refractivity contribution in [3.05, 3.63) is 56.2 Å². The van der Waals surface area contributed by atoms with Crippen molar-refractivity contribution < 1.29 is 0 Å². The highest BCUT2D eigenvalue weighted by Crippen LogP contribution is 2.28. The highest BCUT2D eigenvalue weighted by atomic mass is 79.9. The number of nitrogens with two attached hydrogens (primary N) is 1. The second-order valence-corrected chi connectivity index (χ2v) is 5.57. The Morgan fingerprint density at radius 1 is 1.38 bits per heavy atom. The molecule has 16 heavy (non-hydrogen) atoms. The van der Waals surface area contributed by atoms with E-state index in [2.05, 4.69) is 57.9 Å². The van der Waals surface area contributed by atoms with E-state index in [0.29, 0.717) is 0 Å². The predicted molar refractivity (Wildman–Crippen MR) is 73.8 cm³/mol. The number of aryl methyl sites for hydroxylation is 1. The highest BCUT2D eigenvalue weighted by Gasteiger charge is 2.11. The van der Waals surface area contributed by atoms with Crippen LogP contribution < -0.4 is 5.73 Å². The zero-order chi connectivity index (χ0) is 11.5. The maximum Gasteiger partial charge on any atom is 0.0355 e. The van der Waals surface area contributed by atoms with E-state index in [1.807, 2.05) is 0 Å². The van der Waals surface area contributed by atoms with Gasteiger partial charge in [0.2, 0.25) is 0 Å². The molecule has 0 bridgehead atoms. The molecule has 0 radical (unpaired) electrons. The molecule has 2 N–H and O–H groups in total. The largest absolute Gasteiger partial charge is 0.324 e. The summed E-state index contributed by atoms with van der Waals surface area (Å²) in [6, 6.07) is 8.59. The quantitative estimate of drug-likeness (QED) is 0.908. The third-order valence-electron chi connectivity index (χ3n) is 2.58. The number of rotatable bonds is 3. The average molecular weight is 296 g/mol. The minimum Gasteiger partial charge on any atom is -0.324 e. The topological polar surface area (TPSA) is 26.0 Å². The summed E-state index contributed by atoms with van der Waals surface area (Å²) in [7, 11) is 0. The molecule has 1 aromatic carbocycles. The molecule has 0 amide bonds. The molecule has 0 saturated carbocycles. The summed E-state index contributed by atoms with van der Waals surface area (Å²) in [5.74, 6) is 0. The van der Waals surface area contributed by atoms with Crippen LogP contribution >= 0.6 is 27.3 Å². The highest BCUT2D eigenvalue weighted by molar-refractivity contribution is 9.10. The molecule has 3 heteroatoms. The first-order valence-electron chi connectivity index (χ1n) is 5.19. The van der Waals surface area contributed by atoms with Crippen molar-refractivity contribution in [2.24, 2.45) is 5.73 Å². The summed E-state index contributed by atoms with van der Waals surface area (Å²) in [6.45, 7) is 2.11. The van der Waals surface area contributed by atoms with E-state index in [4.69, 9.17) is 5.73 Å². The van der Waals surface area contributed by atoms with E-state index in [9.17, 15) is 0 Å². The average Bonchev–Trinajstić information content (AvgIpc) is 2.64. The number of benzene rings is 1.